The van der Waals surface area contributed by atoms with Crippen LogP contribution in [0.4, 0.5) is 0 Å². The molecule has 3 heteroatoms. The van der Waals surface area contributed by atoms with Gasteiger partial charge in [-0.15, -0.1) is 0 Å². The molecule has 0 atom stereocenters. The number of nitrogens with one attached hydrogen (secondary N) is 1. The van der Waals surface area contributed by atoms with Gasteiger partial charge in [-0.1, -0.05) is 0 Å². The molecule has 0 radical (unpaired) electrons. The number of hydrogen-bond acceptors (Lipinski definition) is 3. The lowest BCUT2D eigenvalue weighted by molar-refractivity contribution is 0.103. The van der Waals surface area contributed by atoms with Crippen LogP contribution in [-0.4, -0.2) is 50.3 Å². The fourth-order valence-electron chi connectivity index (χ4n) is 1.68. The highest BCUT2D eigenvalue weighted by Crippen LogP contribution is 2.28. The van der Waals surface area contributed by atoms with Gasteiger partial charge in [0.25, 0.3) is 0 Å². The second-order valence-corrected chi connectivity index (χ2v) is 6.35. The van der Waals surface area contributed by atoms with E-state index in [2.05, 4.69) is 38.0 Å². The maximum absolute atomic E-state index is 5.63. The van der Waals surface area contributed by atoms with Gasteiger partial charge in [0.2, 0.25) is 0 Å². The van der Waals surface area contributed by atoms with E-state index in [1.165, 1.54) is 19.3 Å². The Labute approximate surface area is 107 Å². The Bertz CT molecular complexity index is 197. The first-order valence-corrected chi connectivity index (χ1v) is 6.99. The third-order valence-corrected chi connectivity index (χ3v) is 3.04. The van der Waals surface area contributed by atoms with E-state index < -0.39 is 0 Å². The van der Waals surface area contributed by atoms with E-state index in [1.54, 1.807) is 0 Å². The number of likely N-dealkylation sites (N-methyl/N-ethyl adjacent to an activating group) is 1. The monoisotopic (exact) mass is 242 g/mol. The molecule has 1 fully saturated rings. The minimum Gasteiger partial charge on any atom is -0.380 e. The normalized spacial score (nSPS) is 16.8. The zero-order valence-electron chi connectivity index (χ0n) is 12.1. The molecule has 0 spiro atoms. The molecule has 3 nitrogen and oxygen atoms in total. The summed E-state index contributed by atoms with van der Waals surface area (Å²) in [5, 5.41) is 3.51. The molecule has 17 heavy (non-hydrogen) atoms. The van der Waals surface area contributed by atoms with Crippen molar-refractivity contribution in [2.24, 2.45) is 5.92 Å². The Morgan fingerprint density at radius 2 is 1.94 bits per heavy atom. The van der Waals surface area contributed by atoms with Crippen LogP contribution in [0.3, 0.4) is 0 Å². The Hall–Kier alpha value is -0.120. The molecule has 0 aromatic heterocycles. The summed E-state index contributed by atoms with van der Waals surface area (Å²) in [6.07, 6.45) is 3.97. The van der Waals surface area contributed by atoms with E-state index in [4.69, 9.17) is 4.74 Å². The van der Waals surface area contributed by atoms with Gasteiger partial charge in [0, 0.05) is 18.7 Å². The Kier molecular flexibility index (Phi) is 6.45. The van der Waals surface area contributed by atoms with Crippen molar-refractivity contribution in [3.8, 4) is 0 Å². The van der Waals surface area contributed by atoms with Gasteiger partial charge in [-0.2, -0.15) is 0 Å². The lowest BCUT2D eigenvalue weighted by atomic mass is 10.1. The zero-order chi connectivity index (χ0) is 12.7. The summed E-state index contributed by atoms with van der Waals surface area (Å²) in [4.78, 5) is 2.36. The van der Waals surface area contributed by atoms with Crippen LogP contribution in [0.1, 0.15) is 40.0 Å². The van der Waals surface area contributed by atoms with Crippen molar-refractivity contribution in [2.75, 3.05) is 39.9 Å². The summed E-state index contributed by atoms with van der Waals surface area (Å²) in [7, 11) is 2.18. The summed E-state index contributed by atoms with van der Waals surface area (Å²) in [6.45, 7) is 11.8. The van der Waals surface area contributed by atoms with Gasteiger partial charge in [-0.3, -0.25) is 0 Å². The molecular formula is C14H30N2O. The van der Waals surface area contributed by atoms with Crippen LogP contribution in [0, 0.1) is 5.92 Å². The zero-order valence-corrected chi connectivity index (χ0v) is 12.1. The lowest BCUT2D eigenvalue weighted by Gasteiger charge is -2.22. The minimum absolute atomic E-state index is 0.242. The molecular weight excluding hydrogens is 212 g/mol. The largest absolute Gasteiger partial charge is 0.380 e. The van der Waals surface area contributed by atoms with Gasteiger partial charge >= 0.3 is 0 Å². The predicted molar refractivity (Wildman–Crippen MR) is 73.4 cm³/mol. The highest BCUT2D eigenvalue weighted by Gasteiger charge is 2.20. The number of ether oxygens (including phenoxy) is 1. The number of hydrogen-bond donors (Lipinski definition) is 1. The van der Waals surface area contributed by atoms with E-state index in [9.17, 15) is 0 Å². The van der Waals surface area contributed by atoms with Gasteiger partial charge in [-0.05, 0) is 66.1 Å². The van der Waals surface area contributed by atoms with Crippen LogP contribution in [0.15, 0.2) is 0 Å². The van der Waals surface area contributed by atoms with Gasteiger partial charge in [0.15, 0.2) is 0 Å². The second-order valence-electron chi connectivity index (χ2n) is 6.35. The third kappa shape index (κ3) is 9.57. The van der Waals surface area contributed by atoms with Gasteiger partial charge in [0.1, 0.15) is 0 Å². The van der Waals surface area contributed by atoms with E-state index in [0.29, 0.717) is 0 Å². The Balaban J connectivity index is 1.84. The van der Waals surface area contributed by atoms with Gasteiger partial charge < -0.3 is 15.0 Å². The molecule has 1 rings (SSSR count). The number of nitrogens with zero attached hydrogens (tertiary/aromatic N) is 1. The van der Waals surface area contributed by atoms with Crippen LogP contribution in [-0.2, 0) is 4.74 Å². The van der Waals surface area contributed by atoms with Crippen LogP contribution in [0.5, 0.6) is 0 Å². The average molecular weight is 242 g/mol. The molecule has 1 saturated carbocycles. The highest BCUT2D eigenvalue weighted by atomic mass is 16.5. The molecule has 0 aliphatic heterocycles. The van der Waals surface area contributed by atoms with Crippen LogP contribution in [0.25, 0.3) is 0 Å². The Morgan fingerprint density at radius 3 is 2.53 bits per heavy atom. The molecule has 0 unspecified atom stereocenters. The summed E-state index contributed by atoms with van der Waals surface area (Å²) < 4.78 is 5.63. The number of rotatable bonds is 9. The predicted octanol–water partition coefficient (Wildman–Crippen LogP) is 2.12. The van der Waals surface area contributed by atoms with Crippen molar-refractivity contribution in [3.63, 3.8) is 0 Å². The molecule has 1 N–H and O–H groups in total. The van der Waals surface area contributed by atoms with Crippen LogP contribution < -0.4 is 5.32 Å². The first kappa shape index (κ1) is 14.9. The SMILES string of the molecule is CN(CCCNC(C)(C)C)CCOCC1CC1. The van der Waals surface area contributed by atoms with Crippen molar-refractivity contribution in [1.82, 2.24) is 10.2 Å². The second kappa shape index (κ2) is 7.34. The van der Waals surface area contributed by atoms with Gasteiger partial charge in [-0.25, -0.2) is 0 Å². The molecule has 0 amide bonds. The summed E-state index contributed by atoms with van der Waals surface area (Å²) >= 11 is 0. The highest BCUT2D eigenvalue weighted by molar-refractivity contribution is 4.72. The van der Waals surface area contributed by atoms with Crippen LogP contribution in [0.2, 0.25) is 0 Å². The summed E-state index contributed by atoms with van der Waals surface area (Å²) in [5.41, 5.74) is 0.242. The minimum atomic E-state index is 0.242. The van der Waals surface area contributed by atoms with Crippen LogP contribution >= 0.6 is 0 Å². The fraction of sp³-hybridized carbons (Fsp3) is 1.00. The van der Waals surface area contributed by atoms with Crippen molar-refractivity contribution in [2.45, 2.75) is 45.6 Å². The van der Waals surface area contributed by atoms with E-state index in [0.717, 1.165) is 38.8 Å². The molecule has 0 bridgehead atoms. The third-order valence-electron chi connectivity index (χ3n) is 3.04. The molecule has 1 aliphatic carbocycles. The summed E-state index contributed by atoms with van der Waals surface area (Å²) in [5.74, 6) is 0.885. The summed E-state index contributed by atoms with van der Waals surface area (Å²) in [6, 6.07) is 0. The van der Waals surface area contributed by atoms with E-state index in [-0.39, 0.29) is 5.54 Å². The first-order valence-electron chi connectivity index (χ1n) is 6.99. The van der Waals surface area contributed by atoms with Crippen molar-refractivity contribution >= 4 is 0 Å². The quantitative estimate of drug-likeness (QED) is 0.627. The fourth-order valence-corrected chi connectivity index (χ4v) is 1.68. The lowest BCUT2D eigenvalue weighted by Crippen LogP contribution is -2.37. The average Bonchev–Trinajstić information content (AvgIpc) is 3.02. The van der Waals surface area contributed by atoms with E-state index in [1.807, 2.05) is 0 Å². The van der Waals surface area contributed by atoms with Crippen molar-refractivity contribution in [1.29, 1.82) is 0 Å². The first-order chi connectivity index (χ1) is 7.97. The topological polar surface area (TPSA) is 24.5 Å². The van der Waals surface area contributed by atoms with Crippen molar-refractivity contribution in [3.05, 3.63) is 0 Å². The maximum atomic E-state index is 5.63. The van der Waals surface area contributed by atoms with E-state index >= 15 is 0 Å². The molecule has 0 aromatic rings. The van der Waals surface area contributed by atoms with Gasteiger partial charge in [0.05, 0.1) is 6.61 Å². The molecule has 0 heterocycles. The molecule has 0 aromatic carbocycles. The molecule has 1 aliphatic rings. The smallest absolute Gasteiger partial charge is 0.0593 e. The standard InChI is InChI=1S/C14H30N2O/c1-14(2,3)15-8-5-9-16(4)10-11-17-12-13-6-7-13/h13,15H,5-12H2,1-4H3. The molecule has 0 saturated heterocycles. The molecule has 102 valence electrons. The Morgan fingerprint density at radius 1 is 1.24 bits per heavy atom. The maximum Gasteiger partial charge on any atom is 0.0593 e. The van der Waals surface area contributed by atoms with Crippen molar-refractivity contribution < 1.29 is 4.74 Å².